The molecular formula is C7H8N2O2S. The molecule has 2 heterocycles. The lowest BCUT2D eigenvalue weighted by Gasteiger charge is -2.09. The third kappa shape index (κ3) is 0.972. The number of carbonyl (C=O) groups is 1. The van der Waals surface area contributed by atoms with E-state index in [-0.39, 0.29) is 12.3 Å². The molecule has 0 spiro atoms. The van der Waals surface area contributed by atoms with Gasteiger partial charge in [0.1, 0.15) is 0 Å². The van der Waals surface area contributed by atoms with E-state index in [2.05, 4.69) is 9.35 Å². The Balaban J connectivity index is 2.77. The molecule has 0 aromatic carbocycles. The molecule has 0 fully saturated rings. The lowest BCUT2D eigenvalue weighted by molar-refractivity contribution is -0.117. The molecule has 1 unspecified atom stereocenters. The molecule has 12 heavy (non-hydrogen) atoms. The molecule has 0 bridgehead atoms. The van der Waals surface area contributed by atoms with Crippen molar-refractivity contribution in [3.05, 3.63) is 18.0 Å². The van der Waals surface area contributed by atoms with Crippen LogP contribution in [-0.2, 0) is 20.9 Å². The number of nitrogens with one attached hydrogen (secondary N) is 1. The minimum absolute atomic E-state index is 0.243. The molecule has 5 heteroatoms. The molecule has 1 N–H and O–H groups in total. The molecular weight excluding hydrogens is 176 g/mol. The lowest BCUT2D eigenvalue weighted by Crippen LogP contribution is -2.13. The predicted molar refractivity (Wildman–Crippen MR) is 44.3 cm³/mol. The molecule has 0 radical (unpaired) electrons. The number of carbonyl (C=O) groups excluding carboxylic acids is 1. The number of rotatable bonds is 0. The zero-order valence-corrected chi connectivity index (χ0v) is 7.35. The van der Waals surface area contributed by atoms with Gasteiger partial charge in [-0.3, -0.25) is 4.79 Å². The lowest BCUT2D eigenvalue weighted by atomic mass is 10.3. The second-order valence-corrected chi connectivity index (χ2v) is 5.01. The summed E-state index contributed by atoms with van der Waals surface area (Å²) in [5, 5.41) is 0. The maximum absolute atomic E-state index is 11.7. The predicted octanol–water partition coefficient (Wildman–Crippen LogP) is 0.554. The Morgan fingerprint density at radius 3 is 3.17 bits per heavy atom. The molecule has 1 aromatic rings. The summed E-state index contributed by atoms with van der Waals surface area (Å²) in [5.41, 5.74) is 0.738. The van der Waals surface area contributed by atoms with Crippen molar-refractivity contribution in [3.8, 4) is 0 Å². The van der Waals surface area contributed by atoms with Crippen LogP contribution in [0.2, 0.25) is 0 Å². The maximum atomic E-state index is 11.7. The van der Waals surface area contributed by atoms with Gasteiger partial charge >= 0.3 is 0 Å². The van der Waals surface area contributed by atoms with Crippen LogP contribution in [0.1, 0.15) is 5.69 Å². The summed E-state index contributed by atoms with van der Waals surface area (Å²) in [6, 6.07) is 1.72. The van der Waals surface area contributed by atoms with Crippen LogP contribution >= 0.6 is 0 Å². The zero-order valence-electron chi connectivity index (χ0n) is 6.53. The van der Waals surface area contributed by atoms with E-state index in [0.29, 0.717) is 4.90 Å². The molecule has 1 atom stereocenters. The van der Waals surface area contributed by atoms with E-state index in [0.717, 1.165) is 5.69 Å². The van der Waals surface area contributed by atoms with Gasteiger partial charge in [0.15, 0.2) is 0 Å². The van der Waals surface area contributed by atoms with Gasteiger partial charge in [-0.15, -0.1) is 0 Å². The molecule has 1 aromatic heterocycles. The van der Waals surface area contributed by atoms with Gasteiger partial charge in [0.2, 0.25) is 0 Å². The third-order valence-corrected chi connectivity index (χ3v) is 3.55. The molecule has 1 aliphatic rings. The summed E-state index contributed by atoms with van der Waals surface area (Å²) >= 11 is 0. The van der Waals surface area contributed by atoms with E-state index in [9.17, 15) is 9.00 Å². The highest BCUT2D eigenvalue weighted by Gasteiger charge is 2.21. The Morgan fingerprint density at radius 1 is 1.67 bits per heavy atom. The van der Waals surface area contributed by atoms with Crippen molar-refractivity contribution in [3.63, 3.8) is 0 Å². The van der Waals surface area contributed by atoms with Crippen molar-refractivity contribution in [1.82, 2.24) is 4.98 Å². The average Bonchev–Trinajstić information content (AvgIpc) is 2.32. The van der Waals surface area contributed by atoms with E-state index in [1.165, 1.54) is 6.26 Å². The van der Waals surface area contributed by atoms with E-state index in [1.807, 2.05) is 0 Å². The highest BCUT2D eigenvalue weighted by atomic mass is 32.2. The van der Waals surface area contributed by atoms with Crippen LogP contribution < -0.4 is 0 Å². The first-order chi connectivity index (χ1) is 5.59. The molecule has 0 aliphatic carbocycles. The first-order valence-electron chi connectivity index (χ1n) is 3.51. The third-order valence-electron chi connectivity index (χ3n) is 1.80. The fraction of sp³-hybridized carbons (Fsp3) is 0.286. The van der Waals surface area contributed by atoms with Crippen LogP contribution in [0.3, 0.4) is 0 Å². The number of nitrogens with zero attached hydrogens (tertiary/aromatic N) is 1. The average molecular weight is 184 g/mol. The summed E-state index contributed by atoms with van der Waals surface area (Å²) in [4.78, 5) is 14.5. The van der Waals surface area contributed by atoms with Crippen LogP contribution in [0.5, 0.6) is 0 Å². The fourth-order valence-electron chi connectivity index (χ4n) is 1.31. The number of aromatic amines is 1. The number of hydrogen-bond donors (Lipinski definition) is 1. The first-order valence-corrected chi connectivity index (χ1v) is 5.43. The van der Waals surface area contributed by atoms with Crippen molar-refractivity contribution in [2.75, 3.05) is 6.26 Å². The first kappa shape index (κ1) is 7.54. The number of H-pyrrole nitrogens is 1. The monoisotopic (exact) mass is 184 g/mol. The Hall–Kier alpha value is -1.10. The Kier molecular flexibility index (Phi) is 1.38. The second-order valence-electron chi connectivity index (χ2n) is 2.78. The highest BCUT2D eigenvalue weighted by molar-refractivity contribution is 7.93. The highest BCUT2D eigenvalue weighted by Crippen LogP contribution is 2.21. The van der Waals surface area contributed by atoms with Crippen LogP contribution in [0, 0.1) is 0 Å². The standard InChI is InChI=1S/C7H8N2O2S/c1-12(11)6-2-3-8-5(6)4-7(10)9-12/h2-3,8H,4H2,1H3. The van der Waals surface area contributed by atoms with E-state index in [1.54, 1.807) is 12.3 Å². The summed E-state index contributed by atoms with van der Waals surface area (Å²) in [7, 11) is -2.45. The van der Waals surface area contributed by atoms with Crippen molar-refractivity contribution >= 4 is 15.6 Å². The van der Waals surface area contributed by atoms with Gasteiger partial charge in [-0.25, -0.2) is 4.21 Å². The van der Waals surface area contributed by atoms with E-state index in [4.69, 9.17) is 0 Å². The second kappa shape index (κ2) is 2.20. The molecule has 2 rings (SSSR count). The van der Waals surface area contributed by atoms with Gasteiger partial charge in [-0.1, -0.05) is 0 Å². The van der Waals surface area contributed by atoms with Gasteiger partial charge in [0, 0.05) is 18.1 Å². The summed E-state index contributed by atoms with van der Waals surface area (Å²) in [6.45, 7) is 0. The van der Waals surface area contributed by atoms with E-state index < -0.39 is 9.73 Å². The van der Waals surface area contributed by atoms with Crippen molar-refractivity contribution in [1.29, 1.82) is 0 Å². The van der Waals surface area contributed by atoms with Crippen LogP contribution in [0.4, 0.5) is 0 Å². The van der Waals surface area contributed by atoms with Crippen molar-refractivity contribution < 1.29 is 9.00 Å². The quantitative estimate of drug-likeness (QED) is 0.640. The van der Waals surface area contributed by atoms with Gasteiger partial charge < -0.3 is 4.98 Å². The van der Waals surface area contributed by atoms with Gasteiger partial charge in [-0.2, -0.15) is 4.36 Å². The summed E-state index contributed by atoms with van der Waals surface area (Å²) < 4.78 is 15.3. The van der Waals surface area contributed by atoms with Crippen LogP contribution in [0.25, 0.3) is 0 Å². The Morgan fingerprint density at radius 2 is 2.42 bits per heavy atom. The van der Waals surface area contributed by atoms with Crippen molar-refractivity contribution in [2.45, 2.75) is 11.3 Å². The van der Waals surface area contributed by atoms with Gasteiger partial charge in [-0.05, 0) is 6.07 Å². The van der Waals surface area contributed by atoms with E-state index >= 15 is 0 Å². The number of amides is 1. The van der Waals surface area contributed by atoms with Crippen molar-refractivity contribution in [2.24, 2.45) is 4.36 Å². The SMILES string of the molecule is CS1(=O)=NC(=O)Cc2[nH]ccc21. The molecule has 64 valence electrons. The molecule has 0 saturated heterocycles. The number of fused-ring (bicyclic) bond motifs is 1. The van der Waals surface area contributed by atoms with Gasteiger partial charge in [0.05, 0.1) is 21.0 Å². The summed E-state index contributed by atoms with van der Waals surface area (Å²) in [5.74, 6) is -0.308. The van der Waals surface area contributed by atoms with Crippen LogP contribution in [0.15, 0.2) is 21.5 Å². The normalized spacial score (nSPS) is 27.9. The molecule has 1 amide bonds. The van der Waals surface area contributed by atoms with Gasteiger partial charge in [0.25, 0.3) is 5.91 Å². The minimum atomic E-state index is -2.45. The largest absolute Gasteiger partial charge is 0.364 e. The minimum Gasteiger partial charge on any atom is -0.364 e. The molecule has 4 nitrogen and oxygen atoms in total. The fourth-order valence-corrected chi connectivity index (χ4v) is 2.77. The summed E-state index contributed by atoms with van der Waals surface area (Å²) in [6.07, 6.45) is 3.41. The number of hydrogen-bond acceptors (Lipinski definition) is 2. The smallest absolute Gasteiger partial charge is 0.260 e. The molecule has 0 saturated carbocycles. The number of aromatic nitrogens is 1. The topological polar surface area (TPSA) is 62.3 Å². The molecule has 1 aliphatic heterocycles. The Labute approximate surface area is 70.2 Å². The van der Waals surface area contributed by atoms with Crippen LogP contribution in [-0.4, -0.2) is 21.4 Å². The maximum Gasteiger partial charge on any atom is 0.260 e. The zero-order chi connectivity index (χ0) is 8.77. The Bertz CT molecular complexity index is 452.